The van der Waals surface area contributed by atoms with Crippen LogP contribution < -0.4 is 11.1 Å². The molecule has 0 radical (unpaired) electrons. The van der Waals surface area contributed by atoms with E-state index in [9.17, 15) is 9.59 Å². The maximum absolute atomic E-state index is 12.3. The second kappa shape index (κ2) is 6.18. The number of rotatable bonds is 5. The molecule has 104 valence electrons. The summed E-state index contributed by atoms with van der Waals surface area (Å²) >= 11 is 0. The molecule has 0 heterocycles. The molecule has 1 saturated carbocycles. The third-order valence-electron chi connectivity index (χ3n) is 3.84. The van der Waals surface area contributed by atoms with E-state index in [1.54, 1.807) is 0 Å². The highest BCUT2D eigenvalue weighted by atomic mass is 16.5. The summed E-state index contributed by atoms with van der Waals surface area (Å²) in [5.41, 5.74) is 5.27. The maximum Gasteiger partial charge on any atom is 0.328 e. The van der Waals surface area contributed by atoms with Gasteiger partial charge in [-0.25, -0.2) is 4.79 Å². The number of ether oxygens (including phenoxy) is 1. The molecule has 0 unspecified atom stereocenters. The molecule has 1 rings (SSSR count). The number of methoxy groups -OCH3 is 1. The Morgan fingerprint density at radius 2 is 1.89 bits per heavy atom. The van der Waals surface area contributed by atoms with Crippen molar-refractivity contribution in [2.24, 2.45) is 17.1 Å². The van der Waals surface area contributed by atoms with Crippen LogP contribution in [0.3, 0.4) is 0 Å². The van der Waals surface area contributed by atoms with Crippen LogP contribution in [0.5, 0.6) is 0 Å². The molecule has 0 saturated heterocycles. The van der Waals surface area contributed by atoms with E-state index >= 15 is 0 Å². The van der Waals surface area contributed by atoms with Crippen molar-refractivity contribution in [1.29, 1.82) is 0 Å². The van der Waals surface area contributed by atoms with E-state index in [-0.39, 0.29) is 11.8 Å². The molecular formula is C13H24N2O3. The Morgan fingerprint density at radius 1 is 1.33 bits per heavy atom. The van der Waals surface area contributed by atoms with Crippen LogP contribution in [-0.2, 0) is 14.3 Å². The van der Waals surface area contributed by atoms with Crippen LogP contribution in [0, 0.1) is 11.3 Å². The van der Waals surface area contributed by atoms with E-state index in [4.69, 9.17) is 10.5 Å². The van der Waals surface area contributed by atoms with Gasteiger partial charge < -0.3 is 15.8 Å². The lowest BCUT2D eigenvalue weighted by Gasteiger charge is -2.29. The van der Waals surface area contributed by atoms with Gasteiger partial charge in [-0.3, -0.25) is 4.79 Å². The fourth-order valence-corrected chi connectivity index (χ4v) is 2.49. The van der Waals surface area contributed by atoms with Crippen LogP contribution in [0.15, 0.2) is 0 Å². The fourth-order valence-electron chi connectivity index (χ4n) is 2.49. The van der Waals surface area contributed by atoms with Crippen molar-refractivity contribution in [3.8, 4) is 0 Å². The first-order chi connectivity index (χ1) is 8.46. The molecular weight excluding hydrogens is 232 g/mol. The lowest BCUT2D eigenvalue weighted by Crippen LogP contribution is -2.52. The number of nitrogens with two attached hydrogens (primary N) is 1. The van der Waals surface area contributed by atoms with Gasteiger partial charge in [-0.15, -0.1) is 0 Å². The Balaban J connectivity index is 2.74. The summed E-state index contributed by atoms with van der Waals surface area (Å²) in [6.45, 7) is 4.10. The third kappa shape index (κ3) is 3.02. The van der Waals surface area contributed by atoms with Crippen molar-refractivity contribution in [3.63, 3.8) is 0 Å². The highest BCUT2D eigenvalue weighted by molar-refractivity contribution is 5.88. The molecule has 1 fully saturated rings. The van der Waals surface area contributed by atoms with Gasteiger partial charge in [0.25, 0.3) is 0 Å². The van der Waals surface area contributed by atoms with E-state index < -0.39 is 17.4 Å². The Bertz CT molecular complexity index is 309. The first-order valence-electron chi connectivity index (χ1n) is 6.55. The molecule has 0 aromatic rings. The lowest BCUT2D eigenvalue weighted by atomic mass is 9.84. The van der Waals surface area contributed by atoms with Gasteiger partial charge in [0.05, 0.1) is 12.5 Å². The molecule has 1 atom stereocenters. The molecule has 18 heavy (non-hydrogen) atoms. The molecule has 0 bridgehead atoms. The fraction of sp³-hybridized carbons (Fsp3) is 0.846. The summed E-state index contributed by atoms with van der Waals surface area (Å²) in [6.07, 6.45) is 3.66. The average molecular weight is 256 g/mol. The normalized spacial score (nSPS) is 19.6. The molecule has 0 spiro atoms. The summed E-state index contributed by atoms with van der Waals surface area (Å²) in [4.78, 5) is 24.0. The SMILES string of the molecule is COC(=O)[C@@H](NC(=O)C1(CN)CCCC1)C(C)C. The van der Waals surface area contributed by atoms with Crippen LogP contribution in [0.25, 0.3) is 0 Å². The smallest absolute Gasteiger partial charge is 0.328 e. The number of esters is 1. The van der Waals surface area contributed by atoms with Gasteiger partial charge in [0.15, 0.2) is 0 Å². The van der Waals surface area contributed by atoms with Crippen molar-refractivity contribution in [3.05, 3.63) is 0 Å². The van der Waals surface area contributed by atoms with E-state index in [2.05, 4.69) is 5.32 Å². The number of hydrogen-bond acceptors (Lipinski definition) is 4. The van der Waals surface area contributed by atoms with Crippen LogP contribution in [0.2, 0.25) is 0 Å². The van der Waals surface area contributed by atoms with Gasteiger partial charge in [-0.05, 0) is 18.8 Å². The third-order valence-corrected chi connectivity index (χ3v) is 3.84. The Labute approximate surface area is 108 Å². The predicted molar refractivity (Wildman–Crippen MR) is 68.7 cm³/mol. The Hall–Kier alpha value is -1.10. The molecule has 0 aromatic heterocycles. The Kier molecular flexibility index (Phi) is 5.14. The predicted octanol–water partition coefficient (Wildman–Crippen LogP) is 0.819. The number of amides is 1. The van der Waals surface area contributed by atoms with Gasteiger partial charge in [0, 0.05) is 6.54 Å². The van der Waals surface area contributed by atoms with Crippen molar-refractivity contribution in [1.82, 2.24) is 5.32 Å². The van der Waals surface area contributed by atoms with Gasteiger partial charge in [-0.2, -0.15) is 0 Å². The zero-order valence-corrected chi connectivity index (χ0v) is 11.5. The molecule has 5 heteroatoms. The number of carbonyl (C=O) groups is 2. The molecule has 3 N–H and O–H groups in total. The summed E-state index contributed by atoms with van der Waals surface area (Å²) in [6, 6.07) is -0.591. The number of carbonyl (C=O) groups excluding carboxylic acids is 2. The first kappa shape index (κ1) is 15.0. The van der Waals surface area contributed by atoms with Crippen molar-refractivity contribution < 1.29 is 14.3 Å². The standard InChI is InChI=1S/C13H24N2O3/c1-9(2)10(11(16)18-3)15-12(17)13(8-14)6-4-5-7-13/h9-10H,4-8,14H2,1-3H3,(H,15,17)/t10-/m0/s1. The van der Waals surface area contributed by atoms with Crippen molar-refractivity contribution in [2.75, 3.05) is 13.7 Å². The van der Waals surface area contributed by atoms with Crippen molar-refractivity contribution in [2.45, 2.75) is 45.6 Å². The zero-order valence-electron chi connectivity index (χ0n) is 11.5. The minimum atomic E-state index is -0.591. The van der Waals surface area contributed by atoms with Crippen molar-refractivity contribution >= 4 is 11.9 Å². The van der Waals surface area contributed by atoms with Crippen LogP contribution in [0.1, 0.15) is 39.5 Å². The number of nitrogens with one attached hydrogen (secondary N) is 1. The molecule has 5 nitrogen and oxygen atoms in total. The Morgan fingerprint density at radius 3 is 2.28 bits per heavy atom. The zero-order chi connectivity index (χ0) is 13.8. The van der Waals surface area contributed by atoms with Gasteiger partial charge in [0.1, 0.15) is 6.04 Å². The van der Waals surface area contributed by atoms with E-state index in [1.807, 2.05) is 13.8 Å². The van der Waals surface area contributed by atoms with Gasteiger partial charge >= 0.3 is 5.97 Å². The van der Waals surface area contributed by atoms with E-state index in [0.717, 1.165) is 25.7 Å². The minimum absolute atomic E-state index is 0.00220. The van der Waals surface area contributed by atoms with Gasteiger partial charge in [0.2, 0.25) is 5.91 Å². The first-order valence-corrected chi connectivity index (χ1v) is 6.55. The molecule has 0 aliphatic heterocycles. The number of hydrogen-bond donors (Lipinski definition) is 2. The molecule has 1 aliphatic rings. The summed E-state index contributed by atoms with van der Waals surface area (Å²) in [7, 11) is 1.33. The highest BCUT2D eigenvalue weighted by Gasteiger charge is 2.41. The highest BCUT2D eigenvalue weighted by Crippen LogP contribution is 2.37. The topological polar surface area (TPSA) is 81.4 Å². The van der Waals surface area contributed by atoms with Crippen LogP contribution >= 0.6 is 0 Å². The minimum Gasteiger partial charge on any atom is -0.467 e. The summed E-state index contributed by atoms with van der Waals surface area (Å²) in [5.74, 6) is -0.507. The molecule has 0 aromatic carbocycles. The van der Waals surface area contributed by atoms with Crippen LogP contribution in [0.4, 0.5) is 0 Å². The monoisotopic (exact) mass is 256 g/mol. The maximum atomic E-state index is 12.3. The lowest BCUT2D eigenvalue weighted by molar-refractivity contribution is -0.147. The van der Waals surface area contributed by atoms with E-state index in [0.29, 0.717) is 6.54 Å². The second-order valence-electron chi connectivity index (χ2n) is 5.41. The molecule has 1 aliphatic carbocycles. The van der Waals surface area contributed by atoms with E-state index in [1.165, 1.54) is 7.11 Å². The average Bonchev–Trinajstić information content (AvgIpc) is 2.84. The van der Waals surface area contributed by atoms with Gasteiger partial charge in [-0.1, -0.05) is 26.7 Å². The summed E-state index contributed by atoms with van der Waals surface area (Å²) in [5, 5.41) is 2.81. The van der Waals surface area contributed by atoms with Crippen LogP contribution in [-0.4, -0.2) is 31.6 Å². The summed E-state index contributed by atoms with van der Waals surface area (Å²) < 4.78 is 4.72. The second-order valence-corrected chi connectivity index (χ2v) is 5.41. The molecule has 1 amide bonds. The quantitative estimate of drug-likeness (QED) is 0.714. The largest absolute Gasteiger partial charge is 0.467 e.